The van der Waals surface area contributed by atoms with Crippen LogP contribution in [0.1, 0.15) is 6.42 Å². The van der Waals surface area contributed by atoms with Gasteiger partial charge in [-0.05, 0) is 35.4 Å². The molecule has 1 amide bonds. The van der Waals surface area contributed by atoms with Crippen molar-refractivity contribution in [2.45, 2.75) is 17.9 Å². The van der Waals surface area contributed by atoms with Crippen LogP contribution >= 0.6 is 0 Å². The minimum absolute atomic E-state index is 0.0239. The molecule has 2 aliphatic rings. The van der Waals surface area contributed by atoms with Gasteiger partial charge in [-0.3, -0.25) is 4.79 Å². The van der Waals surface area contributed by atoms with E-state index in [9.17, 15) is 18.1 Å². The number of halogens is 2. The third kappa shape index (κ3) is 4.12. The summed E-state index contributed by atoms with van der Waals surface area (Å²) in [5.41, 5.74) is 2.16. The Morgan fingerprint density at radius 3 is 2.32 bits per heavy atom. The summed E-state index contributed by atoms with van der Waals surface area (Å²) in [4.78, 5) is 14.0. The summed E-state index contributed by atoms with van der Waals surface area (Å²) in [6.45, 7) is -1.05. The molecule has 0 aliphatic carbocycles. The van der Waals surface area contributed by atoms with E-state index in [1.54, 1.807) is 9.21 Å². The summed E-state index contributed by atoms with van der Waals surface area (Å²) in [6.07, 6.45) is 0.114. The average Bonchev–Trinajstić information content (AvgIpc) is 3.13. The smallest absolute Gasteiger partial charge is 0.387 e. The number of aliphatic hydroxyl groups is 1. The molecule has 1 aromatic carbocycles. The number of ether oxygens (including phenoxy) is 1. The van der Waals surface area contributed by atoms with E-state index in [1.807, 2.05) is 0 Å². The average molecular weight is 372 g/mol. The Hall–Kier alpha value is -1.68. The van der Waals surface area contributed by atoms with E-state index in [0.29, 0.717) is 31.1 Å². The van der Waals surface area contributed by atoms with Crippen molar-refractivity contribution in [1.29, 1.82) is 0 Å². The van der Waals surface area contributed by atoms with Gasteiger partial charge >= 0.3 is 6.61 Å². The van der Waals surface area contributed by atoms with Crippen molar-refractivity contribution >= 4 is 17.3 Å². The van der Waals surface area contributed by atoms with E-state index in [-0.39, 0.29) is 24.7 Å². The molecule has 0 radical (unpaired) electrons. The fourth-order valence-corrected chi connectivity index (χ4v) is 4.19. The quantitative estimate of drug-likeness (QED) is 0.599. The number of benzene rings is 1. The molecule has 1 unspecified atom stereocenters. The minimum atomic E-state index is -2.89. The molecule has 1 N–H and O–H groups in total. The van der Waals surface area contributed by atoms with Gasteiger partial charge in [0.2, 0.25) is 5.91 Å². The molecule has 136 valence electrons. The number of carbonyl (C=O) groups is 1. The predicted octanol–water partition coefficient (Wildman–Crippen LogP) is 1.15. The Balaban J connectivity index is 1.56. The van der Waals surface area contributed by atoms with Crippen LogP contribution in [0.4, 0.5) is 8.78 Å². The van der Waals surface area contributed by atoms with Crippen molar-refractivity contribution in [1.82, 2.24) is 9.21 Å². The maximum Gasteiger partial charge on any atom is 0.387 e. The molecule has 0 spiro atoms. The summed E-state index contributed by atoms with van der Waals surface area (Å²) in [5, 5.41) is 8.85. The maximum absolute atomic E-state index is 12.6. The lowest BCUT2D eigenvalue weighted by Crippen LogP contribution is -2.36. The van der Waals surface area contributed by atoms with Gasteiger partial charge in [0.15, 0.2) is 4.90 Å². The van der Waals surface area contributed by atoms with Crippen LogP contribution in [-0.4, -0.2) is 64.2 Å². The number of hydrogen-bond acceptors (Lipinski definition) is 5. The molecule has 1 atom stereocenters. The molecule has 25 heavy (non-hydrogen) atoms. The number of alkyl halides is 2. The molecule has 9 heteroatoms. The standard InChI is InChI=1S/C16H18F2N2O4S/c17-16(18)24-13-1-3-14(4-2-13)25(23)20-9-11-7-19(8-12(11)10-20)15(22)5-6-21/h1-4,16,21H,5-10H2. The van der Waals surface area contributed by atoms with Gasteiger partial charge in [-0.25, -0.2) is 0 Å². The van der Waals surface area contributed by atoms with Crippen LogP contribution in [0.3, 0.4) is 0 Å². The molecule has 0 bridgehead atoms. The minimum Gasteiger partial charge on any atom is -0.593 e. The summed E-state index contributed by atoms with van der Waals surface area (Å²) in [6, 6.07) is 5.75. The molecular formula is C16H18F2N2O4S. The molecule has 0 saturated carbocycles. The first-order valence-electron chi connectivity index (χ1n) is 7.78. The number of aliphatic hydroxyl groups excluding tert-OH is 1. The first kappa shape index (κ1) is 18.1. The normalized spacial score (nSPS) is 18.8. The molecule has 6 nitrogen and oxygen atoms in total. The van der Waals surface area contributed by atoms with Crippen molar-refractivity contribution in [3.63, 3.8) is 0 Å². The van der Waals surface area contributed by atoms with Crippen molar-refractivity contribution in [3.8, 4) is 5.75 Å². The van der Waals surface area contributed by atoms with Gasteiger partial charge in [0.05, 0.1) is 31.1 Å². The summed E-state index contributed by atoms with van der Waals surface area (Å²) in [7, 11) is 0. The topological polar surface area (TPSA) is 76.1 Å². The highest BCUT2D eigenvalue weighted by atomic mass is 32.2. The zero-order chi connectivity index (χ0) is 18.0. The second-order valence-corrected chi connectivity index (χ2v) is 7.31. The number of carbonyl (C=O) groups excluding carboxylic acids is 1. The molecule has 3 rings (SSSR count). The van der Waals surface area contributed by atoms with Crippen molar-refractivity contribution < 1.29 is 28.0 Å². The van der Waals surface area contributed by atoms with Crippen LogP contribution in [0.2, 0.25) is 0 Å². The fourth-order valence-electron chi connectivity index (χ4n) is 2.98. The van der Waals surface area contributed by atoms with Gasteiger partial charge in [0.25, 0.3) is 0 Å². The van der Waals surface area contributed by atoms with Gasteiger partial charge < -0.3 is 19.3 Å². The van der Waals surface area contributed by atoms with Crippen molar-refractivity contribution in [2.24, 2.45) is 0 Å². The van der Waals surface area contributed by atoms with E-state index < -0.39 is 18.0 Å². The number of hydrogen-bond donors (Lipinski definition) is 1. The Morgan fingerprint density at radius 2 is 1.80 bits per heavy atom. The fraction of sp³-hybridized carbons (Fsp3) is 0.438. The highest BCUT2D eigenvalue weighted by Crippen LogP contribution is 2.30. The Morgan fingerprint density at radius 1 is 1.20 bits per heavy atom. The van der Waals surface area contributed by atoms with E-state index in [1.165, 1.54) is 24.3 Å². The summed E-state index contributed by atoms with van der Waals surface area (Å²) >= 11 is -1.41. The van der Waals surface area contributed by atoms with Gasteiger partial charge in [-0.15, -0.1) is 4.31 Å². The first-order valence-corrected chi connectivity index (χ1v) is 8.88. The number of nitrogens with zero attached hydrogens (tertiary/aromatic N) is 2. The molecular weight excluding hydrogens is 354 g/mol. The lowest BCUT2D eigenvalue weighted by Gasteiger charge is -2.23. The van der Waals surface area contributed by atoms with E-state index >= 15 is 0 Å². The van der Waals surface area contributed by atoms with E-state index in [2.05, 4.69) is 4.74 Å². The molecule has 0 aromatic heterocycles. The lowest BCUT2D eigenvalue weighted by atomic mass is 10.2. The molecule has 2 heterocycles. The number of rotatable bonds is 6. The van der Waals surface area contributed by atoms with Crippen LogP contribution < -0.4 is 4.74 Å². The van der Waals surface area contributed by atoms with Crippen LogP contribution in [0.15, 0.2) is 40.3 Å². The van der Waals surface area contributed by atoms with Crippen LogP contribution in [0, 0.1) is 0 Å². The molecule has 0 saturated heterocycles. The molecule has 2 aliphatic heterocycles. The van der Waals surface area contributed by atoms with Gasteiger partial charge in [0, 0.05) is 19.5 Å². The highest BCUT2D eigenvalue weighted by molar-refractivity contribution is 7.89. The predicted molar refractivity (Wildman–Crippen MR) is 86.4 cm³/mol. The van der Waals surface area contributed by atoms with E-state index in [4.69, 9.17) is 5.11 Å². The first-order chi connectivity index (χ1) is 12.0. The SMILES string of the molecule is O=C(CCO)N1CC2=C(C1)CN([S+]([O-])c1ccc(OC(F)F)cc1)C2. The van der Waals surface area contributed by atoms with E-state index in [0.717, 1.165) is 11.1 Å². The maximum atomic E-state index is 12.6. The van der Waals surface area contributed by atoms with Crippen LogP contribution in [0.5, 0.6) is 5.75 Å². The van der Waals surface area contributed by atoms with Gasteiger partial charge in [-0.2, -0.15) is 8.78 Å². The Labute approximate surface area is 147 Å². The summed E-state index contributed by atoms with van der Waals surface area (Å²) < 4.78 is 43.0. The van der Waals surface area contributed by atoms with Gasteiger partial charge in [0.1, 0.15) is 5.75 Å². The zero-order valence-electron chi connectivity index (χ0n) is 13.4. The van der Waals surface area contributed by atoms with Crippen molar-refractivity contribution in [2.75, 3.05) is 32.8 Å². The molecule has 1 aromatic rings. The zero-order valence-corrected chi connectivity index (χ0v) is 14.2. The highest BCUT2D eigenvalue weighted by Gasteiger charge is 2.37. The third-order valence-corrected chi connectivity index (χ3v) is 5.56. The van der Waals surface area contributed by atoms with Crippen LogP contribution in [0.25, 0.3) is 0 Å². The Kier molecular flexibility index (Phi) is 5.57. The largest absolute Gasteiger partial charge is 0.593 e. The lowest BCUT2D eigenvalue weighted by molar-refractivity contribution is -0.130. The number of amides is 1. The van der Waals surface area contributed by atoms with Gasteiger partial charge in [-0.1, -0.05) is 0 Å². The summed E-state index contributed by atoms with van der Waals surface area (Å²) in [5.74, 6) is -0.0602. The second-order valence-electron chi connectivity index (χ2n) is 5.83. The monoisotopic (exact) mass is 372 g/mol. The second kappa shape index (κ2) is 7.69. The van der Waals surface area contributed by atoms with Crippen molar-refractivity contribution in [3.05, 3.63) is 35.4 Å². The molecule has 0 fully saturated rings. The van der Waals surface area contributed by atoms with Crippen LogP contribution in [-0.2, 0) is 16.2 Å². The Bertz CT molecular complexity index is 651. The third-order valence-electron chi connectivity index (χ3n) is 4.16.